The van der Waals surface area contributed by atoms with Gasteiger partial charge in [0, 0.05) is 5.75 Å². The van der Waals surface area contributed by atoms with E-state index < -0.39 is 54.5 Å². The first-order valence-electron chi connectivity index (χ1n) is 8.19. The number of aliphatic hydroxyl groups is 1. The van der Waals surface area contributed by atoms with Gasteiger partial charge in [0.05, 0.1) is 12.6 Å². The fraction of sp³-hybridized carbons (Fsp3) is 0.733. The summed E-state index contributed by atoms with van der Waals surface area (Å²) < 4.78 is 0. The highest BCUT2D eigenvalue weighted by atomic mass is 32.1. The zero-order valence-electron chi connectivity index (χ0n) is 15.1. The molecule has 5 unspecified atom stereocenters. The maximum absolute atomic E-state index is 12.0. The Balaban J connectivity index is 4.62. The monoisotopic (exact) mass is 392 g/mol. The number of carboxylic acids is 1. The molecule has 5 atom stereocenters. The lowest BCUT2D eigenvalue weighted by Gasteiger charge is -2.22. The largest absolute Gasteiger partial charge is 0.480 e. The average molecular weight is 392 g/mol. The molecule has 0 fully saturated rings. The molecule has 0 heterocycles. The molecule has 0 saturated heterocycles. The normalized spacial score (nSPS) is 16.5. The van der Waals surface area contributed by atoms with Gasteiger partial charge in [-0.3, -0.25) is 14.4 Å². The molecule has 0 saturated carbocycles. The summed E-state index contributed by atoms with van der Waals surface area (Å²) in [5.74, 6) is -3.59. The minimum Gasteiger partial charge on any atom is -0.480 e. The molecule has 0 spiro atoms. The summed E-state index contributed by atoms with van der Waals surface area (Å²) in [4.78, 5) is 46.9. The van der Waals surface area contributed by atoms with Gasteiger partial charge in [0.15, 0.2) is 0 Å². The van der Waals surface area contributed by atoms with E-state index in [-0.39, 0.29) is 11.7 Å². The van der Waals surface area contributed by atoms with E-state index in [4.69, 9.17) is 10.8 Å². The van der Waals surface area contributed by atoms with Crippen LogP contribution in [0.3, 0.4) is 0 Å². The third-order valence-electron chi connectivity index (χ3n) is 3.86. The van der Waals surface area contributed by atoms with Crippen molar-refractivity contribution in [1.29, 1.82) is 0 Å². The molecule has 150 valence electrons. The highest BCUT2D eigenvalue weighted by Crippen LogP contribution is 2.07. The van der Waals surface area contributed by atoms with E-state index in [1.807, 2.05) is 0 Å². The molecule has 0 rings (SSSR count). The topological polar surface area (TPSA) is 171 Å². The van der Waals surface area contributed by atoms with Crippen molar-refractivity contribution in [2.75, 3.05) is 12.3 Å². The quantitative estimate of drug-likeness (QED) is 0.196. The Morgan fingerprint density at radius 2 is 1.69 bits per heavy atom. The number of carbonyl (C=O) groups excluding carboxylic acids is 3. The van der Waals surface area contributed by atoms with Gasteiger partial charge in [-0.05, 0) is 12.8 Å². The fourth-order valence-corrected chi connectivity index (χ4v) is 2.14. The molecule has 0 aromatic heterocycles. The van der Waals surface area contributed by atoms with E-state index >= 15 is 0 Å². The van der Waals surface area contributed by atoms with Crippen LogP contribution in [0.4, 0.5) is 0 Å². The van der Waals surface area contributed by atoms with Crippen molar-refractivity contribution >= 4 is 36.3 Å². The highest BCUT2D eigenvalue weighted by Gasteiger charge is 2.27. The Hall–Kier alpha value is -1.85. The number of nitrogens with two attached hydrogens (primary N) is 1. The molecule has 0 radical (unpaired) electrons. The van der Waals surface area contributed by atoms with Crippen LogP contribution in [0.2, 0.25) is 0 Å². The summed E-state index contributed by atoms with van der Waals surface area (Å²) in [5, 5.41) is 25.4. The van der Waals surface area contributed by atoms with Gasteiger partial charge in [-0.1, -0.05) is 20.3 Å². The van der Waals surface area contributed by atoms with E-state index in [9.17, 15) is 24.3 Å². The molecule has 0 aromatic rings. The minimum atomic E-state index is -1.21. The number of carboxylic acid groups (broad SMARTS) is 1. The van der Waals surface area contributed by atoms with Gasteiger partial charge in [-0.25, -0.2) is 4.79 Å². The third kappa shape index (κ3) is 8.02. The van der Waals surface area contributed by atoms with Crippen LogP contribution in [0.1, 0.15) is 27.2 Å². The van der Waals surface area contributed by atoms with E-state index in [1.54, 1.807) is 13.8 Å². The number of aliphatic carboxylic acids is 1. The van der Waals surface area contributed by atoms with E-state index in [0.717, 1.165) is 0 Å². The zero-order valence-corrected chi connectivity index (χ0v) is 16.0. The van der Waals surface area contributed by atoms with Crippen molar-refractivity contribution in [3.8, 4) is 0 Å². The molecule has 0 aliphatic heterocycles. The number of rotatable bonds is 11. The Bertz CT molecular complexity index is 516. The van der Waals surface area contributed by atoms with Crippen molar-refractivity contribution in [3.05, 3.63) is 0 Å². The first kappa shape index (κ1) is 24.1. The first-order valence-corrected chi connectivity index (χ1v) is 8.83. The summed E-state index contributed by atoms with van der Waals surface area (Å²) in [5.41, 5.74) is 5.47. The van der Waals surface area contributed by atoms with Crippen molar-refractivity contribution in [3.63, 3.8) is 0 Å². The maximum atomic E-state index is 12.0. The van der Waals surface area contributed by atoms with Gasteiger partial charge in [-0.2, -0.15) is 12.6 Å². The van der Waals surface area contributed by atoms with Gasteiger partial charge in [0.2, 0.25) is 17.7 Å². The van der Waals surface area contributed by atoms with Crippen LogP contribution in [0.15, 0.2) is 0 Å². The minimum absolute atomic E-state index is 0.0592. The zero-order chi connectivity index (χ0) is 20.4. The number of hydrogen-bond acceptors (Lipinski definition) is 7. The maximum Gasteiger partial charge on any atom is 0.326 e. The van der Waals surface area contributed by atoms with E-state index in [0.29, 0.717) is 6.42 Å². The molecule has 0 aromatic carbocycles. The second kappa shape index (κ2) is 11.7. The first-order chi connectivity index (χ1) is 12.0. The Labute approximate surface area is 157 Å². The third-order valence-corrected chi connectivity index (χ3v) is 4.22. The molecule has 0 aliphatic carbocycles. The molecule has 3 amide bonds. The average Bonchev–Trinajstić information content (AvgIpc) is 2.59. The standard InChI is InChI=1S/C15H28N4O6S/c1-4-7(2)12(15(24)25)19-10(21)5-17-13(22)9(6-26)18-14(23)11(16)8(3)20/h7-9,11-12,20,26H,4-6,16H2,1-3H3,(H,17,22)(H,18,23)(H,19,21)(H,24,25). The van der Waals surface area contributed by atoms with Crippen LogP contribution in [0.5, 0.6) is 0 Å². The van der Waals surface area contributed by atoms with Gasteiger partial charge < -0.3 is 31.9 Å². The Kier molecular flexibility index (Phi) is 10.9. The lowest BCUT2D eigenvalue weighted by atomic mass is 9.99. The van der Waals surface area contributed by atoms with Crippen LogP contribution in [0, 0.1) is 5.92 Å². The lowest BCUT2D eigenvalue weighted by Crippen LogP contribution is -2.56. The highest BCUT2D eigenvalue weighted by molar-refractivity contribution is 7.80. The molecule has 0 bridgehead atoms. The number of carbonyl (C=O) groups is 4. The molecular weight excluding hydrogens is 364 g/mol. The number of hydrogen-bond donors (Lipinski definition) is 7. The predicted molar refractivity (Wildman–Crippen MR) is 97.5 cm³/mol. The molecular formula is C15H28N4O6S. The number of nitrogens with one attached hydrogen (secondary N) is 3. The molecule has 7 N–H and O–H groups in total. The second-order valence-electron chi connectivity index (χ2n) is 6.00. The molecule has 10 nitrogen and oxygen atoms in total. The Morgan fingerprint density at radius 1 is 1.12 bits per heavy atom. The molecule has 0 aliphatic rings. The van der Waals surface area contributed by atoms with Crippen LogP contribution in [0.25, 0.3) is 0 Å². The summed E-state index contributed by atoms with van der Waals surface area (Å²) in [6.45, 7) is 4.37. The van der Waals surface area contributed by atoms with Gasteiger partial charge in [-0.15, -0.1) is 0 Å². The molecule has 11 heteroatoms. The van der Waals surface area contributed by atoms with Crippen LogP contribution in [-0.4, -0.2) is 70.4 Å². The summed E-state index contributed by atoms with van der Waals surface area (Å²) in [6.07, 6.45) is -0.543. The smallest absolute Gasteiger partial charge is 0.326 e. The van der Waals surface area contributed by atoms with Gasteiger partial charge in [0.1, 0.15) is 18.1 Å². The number of aliphatic hydroxyl groups excluding tert-OH is 1. The van der Waals surface area contributed by atoms with Crippen LogP contribution >= 0.6 is 12.6 Å². The summed E-state index contributed by atoms with van der Waals surface area (Å²) in [6, 6.07) is -3.33. The van der Waals surface area contributed by atoms with Crippen molar-refractivity contribution in [2.24, 2.45) is 11.7 Å². The van der Waals surface area contributed by atoms with E-state index in [1.165, 1.54) is 6.92 Å². The van der Waals surface area contributed by atoms with Crippen LogP contribution in [-0.2, 0) is 19.2 Å². The van der Waals surface area contributed by atoms with Gasteiger partial charge in [0.25, 0.3) is 0 Å². The van der Waals surface area contributed by atoms with Crippen molar-refractivity contribution in [1.82, 2.24) is 16.0 Å². The molecule has 26 heavy (non-hydrogen) atoms. The number of thiol groups is 1. The fourth-order valence-electron chi connectivity index (χ4n) is 1.88. The Morgan fingerprint density at radius 3 is 2.12 bits per heavy atom. The summed E-state index contributed by atoms with van der Waals surface area (Å²) in [7, 11) is 0. The SMILES string of the molecule is CCC(C)C(NC(=O)CNC(=O)C(CS)NC(=O)C(N)C(C)O)C(=O)O. The summed E-state index contributed by atoms with van der Waals surface area (Å²) >= 11 is 3.96. The second-order valence-corrected chi connectivity index (χ2v) is 6.36. The van der Waals surface area contributed by atoms with E-state index in [2.05, 4.69) is 28.6 Å². The predicted octanol–water partition coefficient (Wildman–Crippen LogP) is -2.16. The van der Waals surface area contributed by atoms with Crippen molar-refractivity contribution < 1.29 is 29.4 Å². The van der Waals surface area contributed by atoms with Crippen LogP contribution < -0.4 is 21.7 Å². The van der Waals surface area contributed by atoms with Crippen molar-refractivity contribution in [2.45, 2.75) is 51.4 Å². The van der Waals surface area contributed by atoms with Gasteiger partial charge >= 0.3 is 5.97 Å². The lowest BCUT2D eigenvalue weighted by molar-refractivity contribution is -0.143. The number of amides is 3.